The molecule has 0 saturated heterocycles. The molecule has 0 atom stereocenters. The lowest BCUT2D eigenvalue weighted by atomic mass is 10.1. The monoisotopic (exact) mass is 181 g/mol. The van der Waals surface area contributed by atoms with Gasteiger partial charge in [0.2, 0.25) is 0 Å². The first-order chi connectivity index (χ1) is 6.31. The van der Waals surface area contributed by atoms with Crippen LogP contribution in [0.4, 0.5) is 0 Å². The molecule has 0 aromatic heterocycles. The lowest BCUT2D eigenvalue weighted by Crippen LogP contribution is -1.94. The van der Waals surface area contributed by atoms with E-state index in [-0.39, 0.29) is 0 Å². The fraction of sp³-hybridized carbons (Fsp3) is 0.636. The summed E-state index contributed by atoms with van der Waals surface area (Å²) in [5, 5.41) is 0. The van der Waals surface area contributed by atoms with E-state index in [1.54, 1.807) is 0 Å². The van der Waals surface area contributed by atoms with E-state index in [4.69, 9.17) is 0 Å². The third-order valence-electron chi connectivity index (χ3n) is 1.68. The summed E-state index contributed by atoms with van der Waals surface area (Å²) in [6, 6.07) is 0. The molecule has 0 spiro atoms. The van der Waals surface area contributed by atoms with Gasteiger partial charge in [-0.15, -0.1) is 0 Å². The highest BCUT2D eigenvalue weighted by molar-refractivity contribution is 5.88. The van der Waals surface area contributed by atoms with Crippen molar-refractivity contribution in [2.45, 2.75) is 38.5 Å². The van der Waals surface area contributed by atoms with E-state index < -0.39 is 5.97 Å². The quantitative estimate of drug-likeness (QED) is 0.281. The van der Waals surface area contributed by atoms with Gasteiger partial charge in [-0.2, -0.15) is 0 Å². The SMILES string of the molecule is [CH2]CCCCCCC#CC(=O)OC. The average Bonchev–Trinajstić information content (AvgIpc) is 2.16. The van der Waals surface area contributed by atoms with Gasteiger partial charge in [0, 0.05) is 12.3 Å². The van der Waals surface area contributed by atoms with E-state index in [9.17, 15) is 4.79 Å². The summed E-state index contributed by atoms with van der Waals surface area (Å²) in [6.07, 6.45) is 6.42. The van der Waals surface area contributed by atoms with Crippen molar-refractivity contribution >= 4 is 5.97 Å². The molecule has 0 N–H and O–H groups in total. The summed E-state index contributed by atoms with van der Waals surface area (Å²) in [5.74, 6) is 4.73. The maximum absolute atomic E-state index is 10.5. The number of carbonyl (C=O) groups is 1. The second kappa shape index (κ2) is 9.12. The van der Waals surface area contributed by atoms with Crippen LogP contribution in [-0.4, -0.2) is 13.1 Å². The minimum atomic E-state index is -0.447. The van der Waals surface area contributed by atoms with Crippen LogP contribution in [0, 0.1) is 18.8 Å². The van der Waals surface area contributed by atoms with Crippen LogP contribution in [0.2, 0.25) is 0 Å². The van der Waals surface area contributed by atoms with Crippen LogP contribution in [0.15, 0.2) is 0 Å². The third-order valence-corrected chi connectivity index (χ3v) is 1.68. The Kier molecular flexibility index (Phi) is 8.44. The third kappa shape index (κ3) is 8.94. The lowest BCUT2D eigenvalue weighted by molar-refractivity contribution is -0.133. The highest BCUT2D eigenvalue weighted by Gasteiger charge is 1.89. The van der Waals surface area contributed by atoms with E-state index in [1.807, 2.05) is 0 Å². The number of rotatable bonds is 5. The van der Waals surface area contributed by atoms with Crippen LogP contribution in [-0.2, 0) is 9.53 Å². The Morgan fingerprint density at radius 1 is 1.31 bits per heavy atom. The second-order valence-electron chi connectivity index (χ2n) is 2.81. The predicted octanol–water partition coefficient (Wildman–Crippen LogP) is 2.34. The number of carbonyl (C=O) groups excluding carboxylic acids is 1. The minimum absolute atomic E-state index is 0.447. The molecule has 73 valence electrons. The van der Waals surface area contributed by atoms with Crippen LogP contribution >= 0.6 is 0 Å². The van der Waals surface area contributed by atoms with Gasteiger partial charge in [0.25, 0.3) is 0 Å². The Hall–Kier alpha value is -0.970. The van der Waals surface area contributed by atoms with E-state index in [0.717, 1.165) is 19.3 Å². The van der Waals surface area contributed by atoms with Gasteiger partial charge in [0.1, 0.15) is 0 Å². The van der Waals surface area contributed by atoms with Crippen molar-refractivity contribution in [3.8, 4) is 11.8 Å². The van der Waals surface area contributed by atoms with Crippen LogP contribution in [0.5, 0.6) is 0 Å². The molecule has 0 unspecified atom stereocenters. The van der Waals surface area contributed by atoms with Crippen molar-refractivity contribution in [2.75, 3.05) is 7.11 Å². The van der Waals surface area contributed by atoms with Crippen LogP contribution < -0.4 is 0 Å². The molecule has 13 heavy (non-hydrogen) atoms. The molecule has 0 bridgehead atoms. The zero-order valence-corrected chi connectivity index (χ0v) is 8.27. The highest BCUT2D eigenvalue weighted by Crippen LogP contribution is 2.03. The summed E-state index contributed by atoms with van der Waals surface area (Å²) in [6.45, 7) is 3.76. The van der Waals surface area contributed by atoms with E-state index >= 15 is 0 Å². The maximum Gasteiger partial charge on any atom is 0.384 e. The van der Waals surface area contributed by atoms with Gasteiger partial charge >= 0.3 is 5.97 Å². The standard InChI is InChI=1S/C11H17O2/c1-3-4-5-6-7-8-9-10-11(12)13-2/h1,3-8H2,2H3. The molecule has 1 radical (unpaired) electrons. The summed E-state index contributed by atoms with van der Waals surface area (Å²) >= 11 is 0. The van der Waals surface area contributed by atoms with Gasteiger partial charge in [-0.05, 0) is 6.42 Å². The molecule has 2 nitrogen and oxygen atoms in total. The fourth-order valence-electron chi connectivity index (χ4n) is 0.929. The number of methoxy groups -OCH3 is 1. The maximum atomic E-state index is 10.5. The van der Waals surface area contributed by atoms with E-state index in [0.29, 0.717) is 0 Å². The van der Waals surface area contributed by atoms with Crippen molar-refractivity contribution in [1.82, 2.24) is 0 Å². The van der Waals surface area contributed by atoms with E-state index in [1.165, 1.54) is 26.4 Å². The molecule has 0 heterocycles. The van der Waals surface area contributed by atoms with Crippen LogP contribution in [0.1, 0.15) is 38.5 Å². The molecule has 0 aromatic carbocycles. The molecular weight excluding hydrogens is 164 g/mol. The lowest BCUT2D eigenvalue weighted by Gasteiger charge is -1.94. The minimum Gasteiger partial charge on any atom is -0.459 e. The zero-order chi connectivity index (χ0) is 9.94. The Bertz CT molecular complexity index is 186. The largest absolute Gasteiger partial charge is 0.459 e. The van der Waals surface area contributed by atoms with Crippen molar-refractivity contribution in [2.24, 2.45) is 0 Å². The normalized spacial score (nSPS) is 8.77. The second-order valence-corrected chi connectivity index (χ2v) is 2.81. The molecular formula is C11H17O2. The Morgan fingerprint density at radius 3 is 2.62 bits per heavy atom. The number of hydrogen-bond acceptors (Lipinski definition) is 2. The molecule has 0 aliphatic rings. The van der Waals surface area contributed by atoms with Crippen molar-refractivity contribution in [3.63, 3.8) is 0 Å². The average molecular weight is 181 g/mol. The number of hydrogen-bond donors (Lipinski definition) is 0. The number of ether oxygens (including phenoxy) is 1. The molecule has 0 fully saturated rings. The summed E-state index contributed by atoms with van der Waals surface area (Å²) in [7, 11) is 1.34. The van der Waals surface area contributed by atoms with Crippen molar-refractivity contribution in [1.29, 1.82) is 0 Å². The van der Waals surface area contributed by atoms with Gasteiger partial charge in [-0.1, -0.05) is 38.5 Å². The highest BCUT2D eigenvalue weighted by atomic mass is 16.5. The molecule has 0 amide bonds. The summed E-state index contributed by atoms with van der Waals surface area (Å²) < 4.78 is 4.37. The molecule has 0 saturated carbocycles. The van der Waals surface area contributed by atoms with Crippen LogP contribution in [0.25, 0.3) is 0 Å². The predicted molar refractivity (Wildman–Crippen MR) is 52.9 cm³/mol. The Labute approximate surface area is 80.7 Å². The Balaban J connectivity index is 3.23. The van der Waals surface area contributed by atoms with Gasteiger partial charge in [-0.25, -0.2) is 4.79 Å². The van der Waals surface area contributed by atoms with Crippen molar-refractivity contribution < 1.29 is 9.53 Å². The van der Waals surface area contributed by atoms with Gasteiger partial charge in [0.15, 0.2) is 0 Å². The van der Waals surface area contributed by atoms with Gasteiger partial charge < -0.3 is 4.74 Å². The van der Waals surface area contributed by atoms with Gasteiger partial charge in [-0.3, -0.25) is 0 Å². The molecule has 0 aromatic rings. The first-order valence-electron chi connectivity index (χ1n) is 4.67. The first-order valence-corrected chi connectivity index (χ1v) is 4.67. The fourth-order valence-corrected chi connectivity index (χ4v) is 0.929. The van der Waals surface area contributed by atoms with Gasteiger partial charge in [0.05, 0.1) is 7.11 Å². The smallest absolute Gasteiger partial charge is 0.384 e. The molecule has 0 rings (SSSR count). The topological polar surface area (TPSA) is 26.3 Å². The number of unbranched alkanes of at least 4 members (excludes halogenated alkanes) is 5. The first kappa shape index (κ1) is 12.0. The molecule has 0 aliphatic carbocycles. The number of esters is 1. The summed E-state index contributed by atoms with van der Waals surface area (Å²) in [4.78, 5) is 10.5. The molecule has 0 aliphatic heterocycles. The molecule has 2 heteroatoms. The zero-order valence-electron chi connectivity index (χ0n) is 8.27. The Morgan fingerprint density at radius 2 is 2.00 bits per heavy atom. The summed E-state index contributed by atoms with van der Waals surface area (Å²) in [5.41, 5.74) is 0. The van der Waals surface area contributed by atoms with Crippen molar-refractivity contribution in [3.05, 3.63) is 6.92 Å². The van der Waals surface area contributed by atoms with Crippen LogP contribution in [0.3, 0.4) is 0 Å². The van der Waals surface area contributed by atoms with E-state index in [2.05, 4.69) is 23.5 Å².